The van der Waals surface area contributed by atoms with Crippen LogP contribution in [0.2, 0.25) is 0 Å². The maximum Gasteiger partial charge on any atom is 0.0822 e. The summed E-state index contributed by atoms with van der Waals surface area (Å²) in [5.74, 6) is 0. The van der Waals surface area contributed by atoms with Gasteiger partial charge in [-0.25, -0.2) is 0 Å². The lowest BCUT2D eigenvalue weighted by atomic mass is 10.1. The molecule has 1 aromatic carbocycles. The summed E-state index contributed by atoms with van der Waals surface area (Å²) in [5.41, 5.74) is 1.96. The molecule has 3 rings (SSSR count). The summed E-state index contributed by atoms with van der Waals surface area (Å²) < 4.78 is 1.04. The average molecular weight is 259 g/mol. The standard InChI is InChI=1S/C12H7BrN2/c13-9-4-1-5-10-11(9)12-8(7-15-10)3-2-6-14-12/h1-7H. The van der Waals surface area contributed by atoms with Crippen molar-refractivity contribution in [1.29, 1.82) is 0 Å². The summed E-state index contributed by atoms with van der Waals surface area (Å²) in [6.07, 6.45) is 3.66. The molecule has 0 N–H and O–H groups in total. The van der Waals surface area contributed by atoms with Crippen molar-refractivity contribution in [1.82, 2.24) is 9.97 Å². The van der Waals surface area contributed by atoms with Crippen LogP contribution in [0.5, 0.6) is 0 Å². The number of halogens is 1. The van der Waals surface area contributed by atoms with E-state index in [9.17, 15) is 0 Å². The minimum absolute atomic E-state index is 0.968. The van der Waals surface area contributed by atoms with Gasteiger partial charge in [-0.1, -0.05) is 22.0 Å². The minimum atomic E-state index is 0.968. The van der Waals surface area contributed by atoms with Crippen LogP contribution in [0.3, 0.4) is 0 Å². The molecule has 0 aliphatic heterocycles. The highest BCUT2D eigenvalue weighted by atomic mass is 79.9. The molecule has 0 aliphatic rings. The van der Waals surface area contributed by atoms with Gasteiger partial charge in [0.1, 0.15) is 0 Å². The molecule has 72 valence electrons. The second-order valence-electron chi connectivity index (χ2n) is 3.33. The van der Waals surface area contributed by atoms with Crippen LogP contribution in [0.25, 0.3) is 21.8 Å². The Morgan fingerprint density at radius 3 is 2.87 bits per heavy atom. The van der Waals surface area contributed by atoms with Crippen molar-refractivity contribution in [3.8, 4) is 0 Å². The predicted octanol–water partition coefficient (Wildman–Crippen LogP) is 3.55. The Morgan fingerprint density at radius 2 is 1.93 bits per heavy atom. The molecule has 0 saturated heterocycles. The first-order chi connectivity index (χ1) is 7.36. The molecule has 2 nitrogen and oxygen atoms in total. The Kier molecular flexibility index (Phi) is 1.92. The third-order valence-corrected chi connectivity index (χ3v) is 3.07. The number of aromatic nitrogens is 2. The fourth-order valence-corrected chi connectivity index (χ4v) is 2.27. The van der Waals surface area contributed by atoms with E-state index in [1.165, 1.54) is 0 Å². The molecule has 0 unspecified atom stereocenters. The monoisotopic (exact) mass is 258 g/mol. The van der Waals surface area contributed by atoms with Gasteiger partial charge in [-0.05, 0) is 24.3 Å². The van der Waals surface area contributed by atoms with Crippen molar-refractivity contribution in [2.45, 2.75) is 0 Å². The van der Waals surface area contributed by atoms with Crippen molar-refractivity contribution >= 4 is 37.7 Å². The van der Waals surface area contributed by atoms with Crippen molar-refractivity contribution in [2.24, 2.45) is 0 Å². The van der Waals surface area contributed by atoms with Gasteiger partial charge in [0.05, 0.1) is 11.0 Å². The van der Waals surface area contributed by atoms with E-state index in [2.05, 4.69) is 25.9 Å². The molecule has 2 aromatic heterocycles. The first-order valence-electron chi connectivity index (χ1n) is 4.64. The van der Waals surface area contributed by atoms with Gasteiger partial charge < -0.3 is 0 Å². The molecule has 0 bridgehead atoms. The first kappa shape index (κ1) is 8.80. The van der Waals surface area contributed by atoms with Gasteiger partial charge in [-0.15, -0.1) is 0 Å². The minimum Gasteiger partial charge on any atom is -0.255 e. The SMILES string of the molecule is Brc1cccc2ncc3cccnc3c12. The van der Waals surface area contributed by atoms with Gasteiger partial charge in [-0.3, -0.25) is 9.97 Å². The number of nitrogens with zero attached hydrogens (tertiary/aromatic N) is 2. The van der Waals surface area contributed by atoms with Crippen molar-refractivity contribution in [3.63, 3.8) is 0 Å². The Labute approximate surface area is 95.1 Å². The molecule has 2 heterocycles. The van der Waals surface area contributed by atoms with Crippen molar-refractivity contribution in [3.05, 3.63) is 47.2 Å². The lowest BCUT2D eigenvalue weighted by Crippen LogP contribution is -1.85. The third-order valence-electron chi connectivity index (χ3n) is 2.41. The molecule has 15 heavy (non-hydrogen) atoms. The quantitative estimate of drug-likeness (QED) is 0.577. The number of fused-ring (bicyclic) bond motifs is 3. The van der Waals surface area contributed by atoms with Crippen LogP contribution >= 0.6 is 15.9 Å². The number of pyridine rings is 2. The summed E-state index contributed by atoms with van der Waals surface area (Å²) >= 11 is 3.54. The maximum absolute atomic E-state index is 4.40. The molecular weight excluding hydrogens is 252 g/mol. The van der Waals surface area contributed by atoms with E-state index >= 15 is 0 Å². The first-order valence-corrected chi connectivity index (χ1v) is 5.43. The van der Waals surface area contributed by atoms with Gasteiger partial charge in [-0.2, -0.15) is 0 Å². The van der Waals surface area contributed by atoms with E-state index in [0.717, 1.165) is 26.3 Å². The van der Waals surface area contributed by atoms with Crippen LogP contribution in [-0.2, 0) is 0 Å². The maximum atomic E-state index is 4.40. The highest BCUT2D eigenvalue weighted by molar-refractivity contribution is 9.10. The van der Waals surface area contributed by atoms with Crippen LogP contribution in [0.1, 0.15) is 0 Å². The smallest absolute Gasteiger partial charge is 0.0822 e. The normalized spacial score (nSPS) is 11.0. The highest BCUT2D eigenvalue weighted by Gasteiger charge is 2.04. The Hall–Kier alpha value is -1.48. The lowest BCUT2D eigenvalue weighted by molar-refractivity contribution is 1.38. The second kappa shape index (κ2) is 3.28. The van der Waals surface area contributed by atoms with Crippen LogP contribution in [-0.4, -0.2) is 9.97 Å². The molecule has 3 heteroatoms. The van der Waals surface area contributed by atoms with Crippen molar-refractivity contribution < 1.29 is 0 Å². The van der Waals surface area contributed by atoms with Gasteiger partial charge in [0.2, 0.25) is 0 Å². The van der Waals surface area contributed by atoms with E-state index in [4.69, 9.17) is 0 Å². The third kappa shape index (κ3) is 1.31. The topological polar surface area (TPSA) is 25.8 Å². The zero-order valence-electron chi connectivity index (χ0n) is 7.81. The fraction of sp³-hybridized carbons (Fsp3) is 0. The number of hydrogen-bond donors (Lipinski definition) is 0. The summed E-state index contributed by atoms with van der Waals surface area (Å²) in [6, 6.07) is 9.93. The van der Waals surface area contributed by atoms with Crippen LogP contribution in [0, 0.1) is 0 Å². The molecule has 3 aromatic rings. The highest BCUT2D eigenvalue weighted by Crippen LogP contribution is 2.28. The number of hydrogen-bond acceptors (Lipinski definition) is 2. The largest absolute Gasteiger partial charge is 0.255 e. The number of benzene rings is 1. The molecule has 0 fully saturated rings. The van der Waals surface area contributed by atoms with E-state index in [1.807, 2.05) is 36.5 Å². The van der Waals surface area contributed by atoms with E-state index in [1.54, 1.807) is 6.20 Å². The Bertz CT molecular complexity index is 649. The van der Waals surface area contributed by atoms with Gasteiger partial charge in [0.25, 0.3) is 0 Å². The van der Waals surface area contributed by atoms with Gasteiger partial charge in [0, 0.05) is 27.6 Å². The van der Waals surface area contributed by atoms with Crippen LogP contribution in [0.15, 0.2) is 47.2 Å². The Balaban J connectivity index is 2.64. The molecule has 0 amide bonds. The van der Waals surface area contributed by atoms with Crippen LogP contribution in [0.4, 0.5) is 0 Å². The van der Waals surface area contributed by atoms with E-state index < -0.39 is 0 Å². The Morgan fingerprint density at radius 1 is 1.00 bits per heavy atom. The molecule has 0 aliphatic carbocycles. The lowest BCUT2D eigenvalue weighted by Gasteiger charge is -2.03. The molecular formula is C12H7BrN2. The summed E-state index contributed by atoms with van der Waals surface area (Å²) in [5, 5.41) is 2.15. The summed E-state index contributed by atoms with van der Waals surface area (Å²) in [6.45, 7) is 0. The molecule has 0 saturated carbocycles. The molecule has 0 atom stereocenters. The molecule has 0 radical (unpaired) electrons. The zero-order chi connectivity index (χ0) is 10.3. The summed E-state index contributed by atoms with van der Waals surface area (Å²) in [4.78, 5) is 8.80. The van der Waals surface area contributed by atoms with Gasteiger partial charge >= 0.3 is 0 Å². The van der Waals surface area contributed by atoms with Gasteiger partial charge in [0.15, 0.2) is 0 Å². The van der Waals surface area contributed by atoms with Crippen LogP contribution < -0.4 is 0 Å². The zero-order valence-corrected chi connectivity index (χ0v) is 9.40. The van der Waals surface area contributed by atoms with Crippen molar-refractivity contribution in [2.75, 3.05) is 0 Å². The average Bonchev–Trinajstić information content (AvgIpc) is 2.29. The predicted molar refractivity (Wildman–Crippen MR) is 64.7 cm³/mol. The van der Waals surface area contributed by atoms with E-state index in [-0.39, 0.29) is 0 Å². The molecule has 0 spiro atoms. The number of rotatable bonds is 0. The summed E-state index contributed by atoms with van der Waals surface area (Å²) in [7, 11) is 0. The van der Waals surface area contributed by atoms with E-state index in [0.29, 0.717) is 0 Å². The fourth-order valence-electron chi connectivity index (χ4n) is 1.72. The second-order valence-corrected chi connectivity index (χ2v) is 4.19.